The van der Waals surface area contributed by atoms with Crippen LogP contribution in [-0.4, -0.2) is 66.9 Å². The highest BCUT2D eigenvalue weighted by Gasteiger charge is 2.28. The first kappa shape index (κ1) is 58.6. The van der Waals surface area contributed by atoms with Crippen molar-refractivity contribution in [1.82, 2.24) is 0 Å². The Morgan fingerprint density at radius 2 is 0.899 bits per heavy atom. The van der Waals surface area contributed by atoms with E-state index >= 15 is 0 Å². The van der Waals surface area contributed by atoms with Crippen molar-refractivity contribution in [3.8, 4) is 51.7 Å². The number of aldehydes is 4. The van der Waals surface area contributed by atoms with Crippen LogP contribution in [-0.2, 0) is 15.9 Å². The van der Waals surface area contributed by atoms with Crippen LogP contribution in [0.25, 0.3) is 0 Å². The third-order valence-electron chi connectivity index (χ3n) is 8.77. The molecule has 0 aliphatic heterocycles. The highest BCUT2D eigenvalue weighted by atomic mass is 32.2. The number of allylic oxidation sites excluding steroid dienone is 3. The first-order chi connectivity index (χ1) is 33.4. The first-order valence-electron chi connectivity index (χ1n) is 21.0. The van der Waals surface area contributed by atoms with Gasteiger partial charge < -0.3 is 46.3 Å². The van der Waals surface area contributed by atoms with Gasteiger partial charge in [-0.2, -0.15) is 0 Å². The molecule has 5 rings (SSSR count). The number of hydrogen-bond acceptors (Lipinski definition) is 16. The molecule has 0 fully saturated rings. The zero-order valence-electron chi connectivity index (χ0n) is 40.9. The molecule has 0 aliphatic carbocycles. The Morgan fingerprint density at radius 3 is 1.17 bits per heavy atom. The van der Waals surface area contributed by atoms with Gasteiger partial charge in [0.05, 0.1) is 47.9 Å². The standard InChI is InChI=1S/C41H38O14P2S.C5H10O.C3H6.C2H6/c1-26-15-32(58-6)20-31(25-50-56(51-33-11-7-27(21-42)16-37(33)46-2)52-34-12-8-28(22-43)17-38(34)47-3)41(26)55-57(53-35-13-9-29(23-44)18-39(35)48-4)54-36-14-10-30(24-45)19-40(36)49-5;1-4-5(2)6-3;1-3-2;1-2/h7-24H,25H2,1-6H3;4H,1-3H3;3H,1H2,2H3;1-2H3/b;5-4+;;. The van der Waals surface area contributed by atoms with Crippen LogP contribution in [0, 0.1) is 6.92 Å². The van der Waals surface area contributed by atoms with E-state index in [4.69, 9.17) is 50.8 Å². The van der Waals surface area contributed by atoms with Gasteiger partial charge in [0, 0.05) is 32.7 Å². The molecule has 18 heteroatoms. The molecule has 0 saturated heterocycles. The summed E-state index contributed by atoms with van der Waals surface area (Å²) in [4.78, 5) is 46.9. The lowest BCUT2D eigenvalue weighted by Crippen LogP contribution is -2.08. The number of rotatable bonds is 23. The summed E-state index contributed by atoms with van der Waals surface area (Å²) in [5.41, 5.74) is 2.69. The predicted octanol–water partition coefficient (Wildman–Crippen LogP) is 13.4. The number of hydrogen-bond donors (Lipinski definition) is 0. The molecule has 0 radical (unpaired) electrons. The van der Waals surface area contributed by atoms with Crippen molar-refractivity contribution in [2.75, 3.05) is 41.8 Å². The molecule has 15 nitrogen and oxygen atoms in total. The van der Waals surface area contributed by atoms with E-state index in [2.05, 4.69) is 6.58 Å². The summed E-state index contributed by atoms with van der Waals surface area (Å²) < 4.78 is 64.9. The molecule has 0 atom stereocenters. The van der Waals surface area contributed by atoms with Crippen LogP contribution in [0.1, 0.15) is 87.2 Å². The van der Waals surface area contributed by atoms with Crippen molar-refractivity contribution in [2.24, 2.45) is 0 Å². The molecule has 0 aromatic heterocycles. The van der Waals surface area contributed by atoms with Gasteiger partial charge in [0.2, 0.25) is 0 Å². The van der Waals surface area contributed by atoms with E-state index in [-0.39, 0.29) is 52.6 Å². The fraction of sp³-hybridized carbons (Fsp3) is 0.255. The van der Waals surface area contributed by atoms with Gasteiger partial charge in [0.25, 0.3) is 0 Å². The van der Waals surface area contributed by atoms with Crippen LogP contribution in [0.5, 0.6) is 51.7 Å². The lowest BCUT2D eigenvalue weighted by molar-refractivity contribution is 0.111. The predicted molar refractivity (Wildman–Crippen MR) is 272 cm³/mol. The number of carbonyl (C=O) groups is 4. The van der Waals surface area contributed by atoms with Crippen molar-refractivity contribution in [3.05, 3.63) is 143 Å². The van der Waals surface area contributed by atoms with E-state index in [9.17, 15) is 19.2 Å². The average molecular weight is 1010 g/mol. The molecule has 0 unspecified atom stereocenters. The minimum atomic E-state index is -2.38. The van der Waals surface area contributed by atoms with Crippen LogP contribution in [0.15, 0.2) is 114 Å². The van der Waals surface area contributed by atoms with Gasteiger partial charge in [-0.3, -0.25) is 23.7 Å². The lowest BCUT2D eigenvalue weighted by Gasteiger charge is -2.24. The second-order valence-corrected chi connectivity index (χ2v) is 16.2. The molecule has 0 heterocycles. The fourth-order valence-corrected chi connectivity index (χ4v) is 7.97. The van der Waals surface area contributed by atoms with E-state index in [1.54, 1.807) is 61.7 Å². The number of carbonyl (C=O) groups excluding carboxylic acids is 4. The van der Waals surface area contributed by atoms with E-state index in [0.29, 0.717) is 64.3 Å². The average Bonchev–Trinajstić information content (AvgIpc) is 3.39. The highest BCUT2D eigenvalue weighted by Crippen LogP contribution is 2.51. The van der Waals surface area contributed by atoms with Gasteiger partial charge >= 0.3 is 17.2 Å². The monoisotopic (exact) mass is 1010 g/mol. The SMILES string of the molecule is C/C=C(\C)OC.C=CC.CC.COc1cc(C=O)ccc1OP(OCc1cc(SC)cc(C)c1OP(Oc1ccc(C=O)cc1OC)Oc1ccc(C=O)cc1OC)Oc1ccc(C=O)cc1OC. The zero-order valence-corrected chi connectivity index (χ0v) is 43.5. The maximum atomic E-state index is 11.5. The Balaban J connectivity index is 0.00000134. The maximum Gasteiger partial charge on any atom is 0.530 e. The van der Waals surface area contributed by atoms with Crippen molar-refractivity contribution < 1.29 is 70.0 Å². The molecule has 370 valence electrons. The van der Waals surface area contributed by atoms with Gasteiger partial charge in [-0.1, -0.05) is 26.0 Å². The van der Waals surface area contributed by atoms with Gasteiger partial charge in [0.15, 0.2) is 46.0 Å². The first-order valence-corrected chi connectivity index (χ1v) is 24.4. The Labute approximate surface area is 411 Å². The van der Waals surface area contributed by atoms with Gasteiger partial charge in [-0.25, -0.2) is 0 Å². The number of methoxy groups -OCH3 is 5. The Kier molecular flexibility index (Phi) is 27.3. The molecule has 0 N–H and O–H groups in total. The smallest absolute Gasteiger partial charge is 0.502 e. The lowest BCUT2D eigenvalue weighted by atomic mass is 10.1. The Morgan fingerprint density at radius 1 is 0.551 bits per heavy atom. The second-order valence-electron chi connectivity index (χ2n) is 13.2. The van der Waals surface area contributed by atoms with Gasteiger partial charge in [-0.05, 0) is 124 Å². The molecule has 5 aromatic rings. The third kappa shape index (κ3) is 18.5. The Bertz CT molecular complexity index is 2340. The highest BCUT2D eigenvalue weighted by molar-refractivity contribution is 7.98. The molecule has 5 aromatic carbocycles. The molecule has 0 saturated carbocycles. The third-order valence-corrected chi connectivity index (χ3v) is 11.5. The molecule has 0 spiro atoms. The topological polar surface area (TPSA) is 170 Å². The van der Waals surface area contributed by atoms with Crippen molar-refractivity contribution in [1.29, 1.82) is 0 Å². The number of benzene rings is 5. The summed E-state index contributed by atoms with van der Waals surface area (Å²) in [6.45, 7) is 14.8. The van der Waals surface area contributed by atoms with Crippen molar-refractivity contribution in [3.63, 3.8) is 0 Å². The second kappa shape index (κ2) is 32.2. The summed E-state index contributed by atoms with van der Waals surface area (Å²) >= 11 is 1.50. The number of thioether (sulfide) groups is 1. The molecule has 0 bridgehead atoms. The van der Waals surface area contributed by atoms with Crippen molar-refractivity contribution in [2.45, 2.75) is 53.0 Å². The molecular formula is C51H60O15P2S. The molecule has 0 amide bonds. The number of ether oxygens (including phenoxy) is 5. The van der Waals surface area contributed by atoms with Crippen LogP contribution < -0.4 is 41.6 Å². The van der Waals surface area contributed by atoms with E-state index in [1.165, 1.54) is 64.5 Å². The summed E-state index contributed by atoms with van der Waals surface area (Å²) in [6.07, 6.45) is 8.31. The zero-order chi connectivity index (χ0) is 51.3. The van der Waals surface area contributed by atoms with Crippen LogP contribution in [0.4, 0.5) is 0 Å². The molecule has 69 heavy (non-hydrogen) atoms. The summed E-state index contributed by atoms with van der Waals surface area (Å²) in [5, 5.41) is 0. The maximum absolute atomic E-state index is 11.5. The fourth-order valence-electron chi connectivity index (χ4n) is 5.26. The van der Waals surface area contributed by atoms with Crippen LogP contribution in [0.2, 0.25) is 0 Å². The normalized spacial score (nSPS) is 10.3. The van der Waals surface area contributed by atoms with E-state index in [1.807, 2.05) is 66.0 Å². The molecule has 0 aliphatic rings. The minimum Gasteiger partial charge on any atom is -0.502 e. The van der Waals surface area contributed by atoms with Crippen LogP contribution >= 0.6 is 29.0 Å². The summed E-state index contributed by atoms with van der Waals surface area (Å²) in [5.74, 6) is 3.20. The van der Waals surface area contributed by atoms with Gasteiger partial charge in [0.1, 0.15) is 30.9 Å². The van der Waals surface area contributed by atoms with Gasteiger partial charge in [-0.15, -0.1) is 18.3 Å². The largest absolute Gasteiger partial charge is 0.530 e. The quantitative estimate of drug-likeness (QED) is 0.0199. The number of aryl methyl sites for hydroxylation is 1. The minimum absolute atomic E-state index is 0.141. The molecular weight excluding hydrogens is 947 g/mol. The van der Waals surface area contributed by atoms with E-state index < -0.39 is 17.2 Å². The summed E-state index contributed by atoms with van der Waals surface area (Å²) in [6, 6.07) is 22.3. The van der Waals surface area contributed by atoms with E-state index in [0.717, 1.165) is 10.7 Å². The Hall–Kier alpha value is -6.57. The summed E-state index contributed by atoms with van der Waals surface area (Å²) in [7, 11) is 2.70. The van der Waals surface area contributed by atoms with Crippen molar-refractivity contribution >= 4 is 54.1 Å². The van der Waals surface area contributed by atoms with Crippen LogP contribution in [0.3, 0.4) is 0 Å².